The highest BCUT2D eigenvalue weighted by atomic mass is 19.1. The Morgan fingerprint density at radius 1 is 1.17 bits per heavy atom. The summed E-state index contributed by atoms with van der Waals surface area (Å²) >= 11 is 0. The molecule has 4 aromatic rings. The van der Waals surface area contributed by atoms with Crippen molar-refractivity contribution in [3.63, 3.8) is 0 Å². The van der Waals surface area contributed by atoms with Crippen molar-refractivity contribution < 1.29 is 4.39 Å². The lowest BCUT2D eigenvalue weighted by atomic mass is 9.99. The van der Waals surface area contributed by atoms with E-state index in [0.29, 0.717) is 12.1 Å². The summed E-state index contributed by atoms with van der Waals surface area (Å²) in [6.45, 7) is 0.900. The third-order valence-corrected chi connectivity index (χ3v) is 6.43. The molecule has 7 heteroatoms. The van der Waals surface area contributed by atoms with Crippen LogP contribution in [0.25, 0.3) is 16.9 Å². The molecule has 29 heavy (non-hydrogen) atoms. The van der Waals surface area contributed by atoms with Crippen LogP contribution in [0, 0.1) is 5.82 Å². The van der Waals surface area contributed by atoms with Crippen LogP contribution in [-0.4, -0.2) is 35.3 Å². The zero-order valence-electron chi connectivity index (χ0n) is 16.2. The van der Waals surface area contributed by atoms with Crippen LogP contribution in [0.15, 0.2) is 48.8 Å². The molecule has 0 radical (unpaired) electrons. The molecular formula is C22H21FN6. The first-order valence-corrected chi connectivity index (χ1v) is 10.0. The van der Waals surface area contributed by atoms with Gasteiger partial charge >= 0.3 is 0 Å². The fraction of sp³-hybridized carbons (Fsp3) is 0.318. The fourth-order valence-corrected chi connectivity index (χ4v) is 4.96. The third-order valence-electron chi connectivity index (χ3n) is 6.43. The Labute approximate surface area is 167 Å². The molecule has 5 heterocycles. The van der Waals surface area contributed by atoms with Gasteiger partial charge in [-0.15, -0.1) is 0 Å². The van der Waals surface area contributed by atoms with Gasteiger partial charge in [-0.3, -0.25) is 9.58 Å². The number of halogens is 1. The lowest BCUT2D eigenvalue weighted by molar-refractivity contribution is 0.161. The lowest BCUT2D eigenvalue weighted by Gasteiger charge is -2.36. The van der Waals surface area contributed by atoms with Crippen LogP contribution in [-0.2, 0) is 20.0 Å². The summed E-state index contributed by atoms with van der Waals surface area (Å²) in [5, 5.41) is 9.12. The van der Waals surface area contributed by atoms with E-state index in [1.165, 1.54) is 35.5 Å². The summed E-state index contributed by atoms with van der Waals surface area (Å²) in [4.78, 5) is 7.28. The second-order valence-corrected chi connectivity index (χ2v) is 8.04. The quantitative estimate of drug-likeness (QED) is 0.539. The molecule has 3 aromatic heterocycles. The summed E-state index contributed by atoms with van der Waals surface area (Å²) in [5.41, 5.74) is 6.10. The van der Waals surface area contributed by atoms with E-state index in [1.807, 2.05) is 40.8 Å². The zero-order valence-corrected chi connectivity index (χ0v) is 16.2. The lowest BCUT2D eigenvalue weighted by Crippen LogP contribution is -2.38. The molecule has 2 atom stereocenters. The van der Waals surface area contributed by atoms with Crippen LogP contribution >= 0.6 is 0 Å². The predicted octanol–water partition coefficient (Wildman–Crippen LogP) is 3.53. The van der Waals surface area contributed by atoms with E-state index < -0.39 is 0 Å². The maximum Gasteiger partial charge on any atom is 0.155 e. The largest absolute Gasteiger partial charge is 0.287 e. The number of aryl methyl sites for hydroxylation is 1. The summed E-state index contributed by atoms with van der Waals surface area (Å²) in [6.07, 6.45) is 7.15. The minimum Gasteiger partial charge on any atom is -0.287 e. The second-order valence-electron chi connectivity index (χ2n) is 8.04. The van der Waals surface area contributed by atoms with Crippen LogP contribution in [0.2, 0.25) is 0 Å². The first-order chi connectivity index (χ1) is 14.2. The molecule has 146 valence electrons. The molecule has 0 spiro atoms. The minimum atomic E-state index is -0.251. The topological polar surface area (TPSA) is 51.2 Å². The molecule has 2 aliphatic heterocycles. The Morgan fingerprint density at radius 3 is 2.93 bits per heavy atom. The van der Waals surface area contributed by atoms with Gasteiger partial charge in [0.25, 0.3) is 0 Å². The highest BCUT2D eigenvalue weighted by Crippen LogP contribution is 2.44. The normalized spacial score (nSPS) is 21.0. The van der Waals surface area contributed by atoms with Crippen molar-refractivity contribution in [3.8, 4) is 11.3 Å². The Balaban J connectivity index is 1.41. The smallest absolute Gasteiger partial charge is 0.155 e. The molecule has 2 bridgehead atoms. The number of aromatic nitrogens is 5. The Kier molecular flexibility index (Phi) is 3.61. The molecule has 0 amide bonds. The average Bonchev–Trinajstić information content (AvgIpc) is 3.40. The minimum absolute atomic E-state index is 0.251. The molecule has 6 rings (SSSR count). The first kappa shape index (κ1) is 16.9. The van der Waals surface area contributed by atoms with Crippen LogP contribution < -0.4 is 0 Å². The van der Waals surface area contributed by atoms with Crippen molar-refractivity contribution in [1.82, 2.24) is 29.3 Å². The number of nitrogens with zero attached hydrogens (tertiary/aromatic N) is 6. The van der Waals surface area contributed by atoms with Crippen molar-refractivity contribution in [1.29, 1.82) is 0 Å². The predicted molar refractivity (Wildman–Crippen MR) is 107 cm³/mol. The SMILES string of the molecule is Cn1nccc1CN1[C@H]2CC[C@H]1c1cnc3cc(-c4cccc(F)c4)nn3c1C2. The molecule has 1 saturated heterocycles. The number of hydrogen-bond donors (Lipinski definition) is 0. The first-order valence-electron chi connectivity index (χ1n) is 10.0. The third kappa shape index (κ3) is 2.61. The van der Waals surface area contributed by atoms with Crippen LogP contribution in [0.4, 0.5) is 4.39 Å². The number of hydrogen-bond acceptors (Lipinski definition) is 4. The van der Waals surface area contributed by atoms with Gasteiger partial charge in [-0.2, -0.15) is 10.2 Å². The Morgan fingerprint density at radius 2 is 2.10 bits per heavy atom. The Bertz CT molecular complexity index is 1230. The average molecular weight is 388 g/mol. The van der Waals surface area contributed by atoms with E-state index in [-0.39, 0.29) is 5.82 Å². The standard InChI is InChI=1S/C22H21FN6/c1-27-17(7-8-25-27)13-28-16-5-6-20(28)18-12-24-22-11-19(26-29(22)21(18)10-16)14-3-2-4-15(23)9-14/h2-4,7-9,11-12,16,20H,5-6,10,13H2,1H3/t16-,20-/m0/s1. The van der Waals surface area contributed by atoms with Crippen LogP contribution in [0.1, 0.15) is 35.8 Å². The van der Waals surface area contributed by atoms with Crippen LogP contribution in [0.3, 0.4) is 0 Å². The summed E-state index contributed by atoms with van der Waals surface area (Å²) in [7, 11) is 2.00. The van der Waals surface area contributed by atoms with E-state index >= 15 is 0 Å². The molecule has 1 aromatic carbocycles. The van der Waals surface area contributed by atoms with E-state index in [0.717, 1.165) is 36.3 Å². The van der Waals surface area contributed by atoms with Gasteiger partial charge in [0.1, 0.15) is 5.82 Å². The highest BCUT2D eigenvalue weighted by Gasteiger charge is 2.41. The molecule has 0 N–H and O–H groups in total. The van der Waals surface area contributed by atoms with E-state index in [2.05, 4.69) is 16.1 Å². The second kappa shape index (κ2) is 6.22. The van der Waals surface area contributed by atoms with Gasteiger partial charge in [0.2, 0.25) is 0 Å². The highest BCUT2D eigenvalue weighted by molar-refractivity contribution is 5.64. The molecular weight excluding hydrogens is 367 g/mol. The van der Waals surface area contributed by atoms with E-state index in [9.17, 15) is 4.39 Å². The van der Waals surface area contributed by atoms with Gasteiger partial charge in [0, 0.05) is 61.7 Å². The van der Waals surface area contributed by atoms with Crippen molar-refractivity contribution in [2.75, 3.05) is 0 Å². The van der Waals surface area contributed by atoms with Crippen molar-refractivity contribution in [2.24, 2.45) is 7.05 Å². The van der Waals surface area contributed by atoms with E-state index in [1.54, 1.807) is 6.07 Å². The maximum atomic E-state index is 13.7. The molecule has 6 nitrogen and oxygen atoms in total. The molecule has 0 saturated carbocycles. The zero-order chi connectivity index (χ0) is 19.5. The summed E-state index contributed by atoms with van der Waals surface area (Å²) in [6, 6.07) is 11.5. The van der Waals surface area contributed by atoms with Gasteiger partial charge in [0.05, 0.1) is 17.1 Å². The summed E-state index contributed by atoms with van der Waals surface area (Å²) in [5.74, 6) is -0.251. The Hall–Kier alpha value is -3.06. The molecule has 0 unspecified atom stereocenters. The molecule has 1 fully saturated rings. The van der Waals surface area contributed by atoms with Gasteiger partial charge < -0.3 is 0 Å². The van der Waals surface area contributed by atoms with Gasteiger partial charge in [-0.05, 0) is 31.0 Å². The number of benzene rings is 1. The van der Waals surface area contributed by atoms with E-state index in [4.69, 9.17) is 10.1 Å². The number of rotatable bonds is 3. The maximum absolute atomic E-state index is 13.7. The van der Waals surface area contributed by atoms with Crippen molar-refractivity contribution in [3.05, 3.63) is 71.6 Å². The fourth-order valence-electron chi connectivity index (χ4n) is 4.96. The summed E-state index contributed by atoms with van der Waals surface area (Å²) < 4.78 is 17.6. The van der Waals surface area contributed by atoms with Gasteiger partial charge in [-0.25, -0.2) is 13.9 Å². The monoisotopic (exact) mass is 388 g/mol. The van der Waals surface area contributed by atoms with Crippen molar-refractivity contribution in [2.45, 2.75) is 37.9 Å². The number of fused-ring (bicyclic) bond motifs is 6. The van der Waals surface area contributed by atoms with Gasteiger partial charge in [-0.1, -0.05) is 12.1 Å². The van der Waals surface area contributed by atoms with Gasteiger partial charge in [0.15, 0.2) is 5.65 Å². The molecule has 2 aliphatic rings. The molecule has 0 aliphatic carbocycles. The van der Waals surface area contributed by atoms with Crippen LogP contribution in [0.5, 0.6) is 0 Å². The van der Waals surface area contributed by atoms with Crippen molar-refractivity contribution >= 4 is 5.65 Å².